The van der Waals surface area contributed by atoms with Gasteiger partial charge in [-0.1, -0.05) is 6.07 Å². The van der Waals surface area contributed by atoms with Gasteiger partial charge < -0.3 is 10.1 Å². The Hall–Kier alpha value is -2.43. The molecule has 18 heavy (non-hydrogen) atoms. The summed E-state index contributed by atoms with van der Waals surface area (Å²) in [5.41, 5.74) is 0.793. The summed E-state index contributed by atoms with van der Waals surface area (Å²) < 4.78 is 17.9. The molecular weight excluding hydrogens is 235 g/mol. The minimum atomic E-state index is -0.687. The fourth-order valence-corrected chi connectivity index (χ4v) is 1.45. The van der Waals surface area contributed by atoms with Gasteiger partial charge in [-0.2, -0.15) is 4.39 Å². The van der Waals surface area contributed by atoms with E-state index in [0.717, 1.165) is 6.07 Å². The van der Waals surface area contributed by atoms with E-state index in [9.17, 15) is 9.18 Å². The van der Waals surface area contributed by atoms with Gasteiger partial charge in [0, 0.05) is 29.6 Å². The Bertz CT molecular complexity index is 572. The number of hydrogen-bond acceptors (Lipinski definition) is 3. The van der Waals surface area contributed by atoms with Gasteiger partial charge in [-0.25, -0.2) is 4.98 Å². The number of carbonyl (C=O) groups excluding carboxylic acids is 1. The molecule has 1 amide bonds. The molecular formula is C13H11FN2O2. The quantitative estimate of drug-likeness (QED) is 0.846. The Morgan fingerprint density at radius 3 is 2.89 bits per heavy atom. The van der Waals surface area contributed by atoms with E-state index in [-0.39, 0.29) is 5.56 Å². The highest BCUT2D eigenvalue weighted by Crippen LogP contribution is 2.17. The number of hydrogen-bond donors (Lipinski definition) is 1. The van der Waals surface area contributed by atoms with E-state index in [1.54, 1.807) is 31.4 Å². The Morgan fingerprint density at radius 1 is 1.33 bits per heavy atom. The van der Waals surface area contributed by atoms with Crippen molar-refractivity contribution < 1.29 is 13.9 Å². The zero-order chi connectivity index (χ0) is 13.0. The van der Waals surface area contributed by atoms with Crippen molar-refractivity contribution in [3.05, 3.63) is 54.1 Å². The highest BCUT2D eigenvalue weighted by Gasteiger charge is 2.07. The van der Waals surface area contributed by atoms with Crippen LogP contribution in [0.2, 0.25) is 0 Å². The molecule has 5 heteroatoms. The highest BCUT2D eigenvalue weighted by molar-refractivity contribution is 6.04. The van der Waals surface area contributed by atoms with E-state index in [1.165, 1.54) is 12.3 Å². The Morgan fingerprint density at radius 2 is 2.17 bits per heavy atom. The predicted octanol–water partition coefficient (Wildman–Crippen LogP) is 2.48. The van der Waals surface area contributed by atoms with E-state index in [0.29, 0.717) is 11.4 Å². The number of nitrogens with one attached hydrogen (secondary N) is 1. The van der Waals surface area contributed by atoms with Crippen molar-refractivity contribution in [1.29, 1.82) is 0 Å². The number of pyridine rings is 1. The summed E-state index contributed by atoms with van der Waals surface area (Å²) >= 11 is 0. The van der Waals surface area contributed by atoms with Crippen molar-refractivity contribution in [3.8, 4) is 5.75 Å². The molecule has 0 saturated heterocycles. The van der Waals surface area contributed by atoms with Gasteiger partial charge in [0.05, 0.1) is 7.11 Å². The lowest BCUT2D eigenvalue weighted by Gasteiger charge is -2.06. The molecule has 0 radical (unpaired) electrons. The van der Waals surface area contributed by atoms with E-state index in [4.69, 9.17) is 4.74 Å². The lowest BCUT2D eigenvalue weighted by molar-refractivity contribution is 0.102. The van der Waals surface area contributed by atoms with Crippen LogP contribution in [0.3, 0.4) is 0 Å². The minimum absolute atomic E-state index is 0.213. The van der Waals surface area contributed by atoms with Gasteiger partial charge in [-0.05, 0) is 18.2 Å². The van der Waals surface area contributed by atoms with Crippen molar-refractivity contribution in [2.24, 2.45) is 0 Å². The first kappa shape index (κ1) is 12.0. The van der Waals surface area contributed by atoms with Gasteiger partial charge in [0.2, 0.25) is 5.95 Å². The van der Waals surface area contributed by atoms with Crippen LogP contribution in [0.5, 0.6) is 5.75 Å². The first-order chi connectivity index (χ1) is 8.69. The Kier molecular flexibility index (Phi) is 3.52. The second kappa shape index (κ2) is 5.27. The van der Waals surface area contributed by atoms with Crippen molar-refractivity contribution in [2.45, 2.75) is 0 Å². The monoisotopic (exact) mass is 246 g/mol. The van der Waals surface area contributed by atoms with Crippen LogP contribution in [0.25, 0.3) is 0 Å². The molecule has 0 spiro atoms. The maximum absolute atomic E-state index is 12.9. The van der Waals surface area contributed by atoms with Crippen molar-refractivity contribution in [2.75, 3.05) is 12.4 Å². The molecule has 92 valence electrons. The third kappa shape index (κ3) is 2.82. The van der Waals surface area contributed by atoms with Gasteiger partial charge in [0.25, 0.3) is 5.91 Å². The molecule has 0 fully saturated rings. The lowest BCUT2D eigenvalue weighted by Crippen LogP contribution is -2.12. The zero-order valence-corrected chi connectivity index (χ0v) is 9.68. The largest absolute Gasteiger partial charge is 0.497 e. The van der Waals surface area contributed by atoms with Gasteiger partial charge >= 0.3 is 0 Å². The van der Waals surface area contributed by atoms with Gasteiger partial charge in [-0.15, -0.1) is 0 Å². The molecule has 4 nitrogen and oxygen atoms in total. The van der Waals surface area contributed by atoms with Crippen LogP contribution >= 0.6 is 0 Å². The summed E-state index contributed by atoms with van der Waals surface area (Å²) in [6, 6.07) is 9.44. The Balaban J connectivity index is 2.16. The SMILES string of the molecule is COc1cccc(NC(=O)c2ccnc(F)c2)c1. The molecule has 1 aromatic carbocycles. The number of methoxy groups -OCH3 is 1. The zero-order valence-electron chi connectivity index (χ0n) is 9.68. The maximum Gasteiger partial charge on any atom is 0.255 e. The summed E-state index contributed by atoms with van der Waals surface area (Å²) in [7, 11) is 1.54. The fourth-order valence-electron chi connectivity index (χ4n) is 1.45. The van der Waals surface area contributed by atoms with E-state index in [1.807, 2.05) is 0 Å². The van der Waals surface area contributed by atoms with Crippen molar-refractivity contribution in [3.63, 3.8) is 0 Å². The van der Waals surface area contributed by atoms with Crippen LogP contribution in [-0.4, -0.2) is 18.0 Å². The predicted molar refractivity (Wildman–Crippen MR) is 65.1 cm³/mol. The number of nitrogens with zero attached hydrogens (tertiary/aromatic N) is 1. The van der Waals surface area contributed by atoms with E-state index in [2.05, 4.69) is 10.3 Å². The summed E-state index contributed by atoms with van der Waals surface area (Å²) in [6.07, 6.45) is 1.25. The number of halogens is 1. The molecule has 0 aliphatic heterocycles. The van der Waals surface area contributed by atoms with Crippen LogP contribution in [0, 0.1) is 5.95 Å². The standard InChI is InChI=1S/C13H11FN2O2/c1-18-11-4-2-3-10(8-11)16-13(17)9-5-6-15-12(14)7-9/h2-8H,1H3,(H,16,17). The number of carbonyl (C=O) groups is 1. The average Bonchev–Trinajstić information content (AvgIpc) is 2.39. The molecule has 0 aliphatic rings. The van der Waals surface area contributed by atoms with Gasteiger partial charge in [0.1, 0.15) is 5.75 Å². The third-order valence-corrected chi connectivity index (χ3v) is 2.32. The van der Waals surface area contributed by atoms with E-state index >= 15 is 0 Å². The first-order valence-electron chi connectivity index (χ1n) is 5.26. The normalized spacial score (nSPS) is 9.89. The maximum atomic E-state index is 12.9. The minimum Gasteiger partial charge on any atom is -0.497 e. The molecule has 0 bridgehead atoms. The van der Waals surface area contributed by atoms with E-state index < -0.39 is 11.9 Å². The Labute approximate surface area is 103 Å². The van der Waals surface area contributed by atoms with Crippen LogP contribution < -0.4 is 10.1 Å². The molecule has 1 heterocycles. The second-order valence-corrected chi connectivity index (χ2v) is 3.55. The molecule has 0 aliphatic carbocycles. The lowest BCUT2D eigenvalue weighted by atomic mass is 10.2. The molecule has 1 aromatic heterocycles. The van der Waals surface area contributed by atoms with Crippen LogP contribution in [0.1, 0.15) is 10.4 Å². The number of benzene rings is 1. The molecule has 0 saturated carbocycles. The highest BCUT2D eigenvalue weighted by atomic mass is 19.1. The molecule has 0 atom stereocenters. The molecule has 0 unspecified atom stereocenters. The van der Waals surface area contributed by atoms with Crippen molar-refractivity contribution in [1.82, 2.24) is 4.98 Å². The fraction of sp³-hybridized carbons (Fsp3) is 0.0769. The number of rotatable bonds is 3. The van der Waals surface area contributed by atoms with Crippen molar-refractivity contribution >= 4 is 11.6 Å². The van der Waals surface area contributed by atoms with Crippen LogP contribution in [-0.2, 0) is 0 Å². The third-order valence-electron chi connectivity index (χ3n) is 2.32. The molecule has 2 aromatic rings. The van der Waals surface area contributed by atoms with Crippen LogP contribution in [0.15, 0.2) is 42.6 Å². The van der Waals surface area contributed by atoms with Gasteiger partial charge in [-0.3, -0.25) is 4.79 Å². The summed E-state index contributed by atoms with van der Waals surface area (Å²) in [5.74, 6) is -0.452. The topological polar surface area (TPSA) is 51.2 Å². The second-order valence-electron chi connectivity index (χ2n) is 3.55. The number of aromatic nitrogens is 1. The summed E-state index contributed by atoms with van der Waals surface area (Å²) in [4.78, 5) is 15.2. The summed E-state index contributed by atoms with van der Waals surface area (Å²) in [5, 5.41) is 2.65. The number of amides is 1. The molecule has 2 rings (SSSR count). The van der Waals surface area contributed by atoms with Crippen LogP contribution in [0.4, 0.5) is 10.1 Å². The summed E-state index contributed by atoms with van der Waals surface area (Å²) in [6.45, 7) is 0. The number of ether oxygens (including phenoxy) is 1. The first-order valence-corrected chi connectivity index (χ1v) is 5.26. The molecule has 1 N–H and O–H groups in total. The number of anilines is 1. The average molecular weight is 246 g/mol. The van der Waals surface area contributed by atoms with Gasteiger partial charge in [0.15, 0.2) is 0 Å². The smallest absolute Gasteiger partial charge is 0.255 e.